The lowest BCUT2D eigenvalue weighted by molar-refractivity contribution is -0.183. The summed E-state index contributed by atoms with van der Waals surface area (Å²) < 4.78 is 16.8. The van der Waals surface area contributed by atoms with Crippen LogP contribution in [0.3, 0.4) is 0 Å². The van der Waals surface area contributed by atoms with Gasteiger partial charge in [-0.2, -0.15) is 0 Å². The third-order valence-corrected chi connectivity index (χ3v) is 4.07. The maximum Gasteiger partial charge on any atom is 0.220 e. The summed E-state index contributed by atoms with van der Waals surface area (Å²) in [4.78, 5) is 11.9. The van der Waals surface area contributed by atoms with Crippen LogP contribution in [0.2, 0.25) is 0 Å². The van der Waals surface area contributed by atoms with E-state index in [0.717, 1.165) is 31.3 Å². The molecule has 2 aliphatic rings. The SMILES string of the molecule is C=C(C)COCCNC(=O)CC1CCC2(CC1)OCCO2. The summed E-state index contributed by atoms with van der Waals surface area (Å²) in [6.45, 7) is 8.75. The van der Waals surface area contributed by atoms with Crippen molar-refractivity contribution in [2.75, 3.05) is 33.0 Å². The highest BCUT2D eigenvalue weighted by Crippen LogP contribution is 2.39. The van der Waals surface area contributed by atoms with Crippen molar-refractivity contribution in [1.82, 2.24) is 5.32 Å². The fraction of sp³-hybridized carbons (Fsp3) is 0.812. The van der Waals surface area contributed by atoms with Crippen LogP contribution in [0.15, 0.2) is 12.2 Å². The molecular formula is C16H27NO4. The van der Waals surface area contributed by atoms with Crippen LogP contribution < -0.4 is 5.32 Å². The quantitative estimate of drug-likeness (QED) is 0.577. The van der Waals surface area contributed by atoms with Crippen molar-refractivity contribution in [3.8, 4) is 0 Å². The minimum absolute atomic E-state index is 0.114. The Bertz CT molecular complexity index is 353. The van der Waals surface area contributed by atoms with Crippen molar-refractivity contribution < 1.29 is 19.0 Å². The molecule has 0 aromatic carbocycles. The van der Waals surface area contributed by atoms with Crippen LogP contribution in [0.1, 0.15) is 39.0 Å². The van der Waals surface area contributed by atoms with Gasteiger partial charge in [-0.15, -0.1) is 0 Å². The molecule has 2 fully saturated rings. The molecular weight excluding hydrogens is 270 g/mol. The summed E-state index contributed by atoms with van der Waals surface area (Å²) in [6, 6.07) is 0. The molecule has 5 nitrogen and oxygen atoms in total. The van der Waals surface area contributed by atoms with Gasteiger partial charge in [0.1, 0.15) is 0 Å². The number of nitrogens with one attached hydrogen (secondary N) is 1. The maximum atomic E-state index is 11.9. The third kappa shape index (κ3) is 5.41. The van der Waals surface area contributed by atoms with Gasteiger partial charge in [-0.3, -0.25) is 4.79 Å². The van der Waals surface area contributed by atoms with E-state index in [4.69, 9.17) is 14.2 Å². The molecule has 1 saturated heterocycles. The minimum atomic E-state index is -0.330. The highest BCUT2D eigenvalue weighted by Gasteiger charge is 2.40. The van der Waals surface area contributed by atoms with Gasteiger partial charge >= 0.3 is 0 Å². The molecule has 0 unspecified atom stereocenters. The van der Waals surface area contributed by atoms with E-state index >= 15 is 0 Å². The van der Waals surface area contributed by atoms with E-state index in [0.29, 0.717) is 45.3 Å². The van der Waals surface area contributed by atoms with E-state index in [-0.39, 0.29) is 11.7 Å². The lowest BCUT2D eigenvalue weighted by Gasteiger charge is -2.35. The van der Waals surface area contributed by atoms with Crippen molar-refractivity contribution in [2.24, 2.45) is 5.92 Å². The molecule has 0 bridgehead atoms. The monoisotopic (exact) mass is 297 g/mol. The molecule has 0 atom stereocenters. The number of hydrogen-bond acceptors (Lipinski definition) is 4. The van der Waals surface area contributed by atoms with Gasteiger partial charge in [0, 0.05) is 25.8 Å². The second-order valence-electron chi connectivity index (χ2n) is 6.11. The minimum Gasteiger partial charge on any atom is -0.375 e. The van der Waals surface area contributed by atoms with Crippen LogP contribution in [0.5, 0.6) is 0 Å². The first-order valence-corrected chi connectivity index (χ1v) is 7.86. The first-order valence-electron chi connectivity index (χ1n) is 7.86. The van der Waals surface area contributed by atoms with E-state index in [2.05, 4.69) is 11.9 Å². The summed E-state index contributed by atoms with van der Waals surface area (Å²) in [5.41, 5.74) is 0.994. The molecule has 0 aromatic heterocycles. The molecule has 1 saturated carbocycles. The molecule has 0 radical (unpaired) electrons. The molecule has 120 valence electrons. The van der Waals surface area contributed by atoms with E-state index in [1.165, 1.54) is 0 Å². The second kappa shape index (κ2) is 7.92. The maximum absolute atomic E-state index is 11.9. The number of ether oxygens (including phenoxy) is 3. The summed E-state index contributed by atoms with van der Waals surface area (Å²) in [7, 11) is 0. The molecule has 1 heterocycles. The van der Waals surface area contributed by atoms with Crippen molar-refractivity contribution >= 4 is 5.91 Å². The third-order valence-electron chi connectivity index (χ3n) is 4.07. The lowest BCUT2D eigenvalue weighted by Crippen LogP contribution is -2.37. The number of carbonyl (C=O) groups excluding carboxylic acids is 1. The Hall–Kier alpha value is -0.910. The Morgan fingerprint density at radius 2 is 2.00 bits per heavy atom. The first-order chi connectivity index (χ1) is 10.1. The predicted molar refractivity (Wildman–Crippen MR) is 79.9 cm³/mol. The van der Waals surface area contributed by atoms with Crippen LogP contribution in [0, 0.1) is 5.92 Å². The van der Waals surface area contributed by atoms with E-state index in [9.17, 15) is 4.79 Å². The Morgan fingerprint density at radius 1 is 1.33 bits per heavy atom. The Labute approximate surface area is 127 Å². The second-order valence-corrected chi connectivity index (χ2v) is 6.11. The zero-order valence-corrected chi connectivity index (χ0v) is 13.0. The van der Waals surface area contributed by atoms with Crippen LogP contribution in [-0.2, 0) is 19.0 Å². The van der Waals surface area contributed by atoms with Gasteiger partial charge in [-0.05, 0) is 25.7 Å². The van der Waals surface area contributed by atoms with Crippen molar-refractivity contribution in [2.45, 2.75) is 44.8 Å². The van der Waals surface area contributed by atoms with Crippen LogP contribution in [0.4, 0.5) is 0 Å². The average molecular weight is 297 g/mol. The van der Waals surface area contributed by atoms with Gasteiger partial charge in [0.25, 0.3) is 0 Å². The van der Waals surface area contributed by atoms with Gasteiger partial charge in [0.2, 0.25) is 5.91 Å². The topological polar surface area (TPSA) is 56.8 Å². The van der Waals surface area contributed by atoms with Crippen LogP contribution in [-0.4, -0.2) is 44.7 Å². The van der Waals surface area contributed by atoms with Crippen molar-refractivity contribution in [3.63, 3.8) is 0 Å². The van der Waals surface area contributed by atoms with E-state index in [1.807, 2.05) is 6.92 Å². The molecule has 1 spiro atoms. The van der Waals surface area contributed by atoms with Crippen LogP contribution >= 0.6 is 0 Å². The Morgan fingerprint density at radius 3 is 2.62 bits per heavy atom. The summed E-state index contributed by atoms with van der Waals surface area (Å²) in [5, 5.41) is 2.91. The molecule has 1 N–H and O–H groups in total. The zero-order chi connectivity index (χ0) is 15.1. The number of hydrogen-bond donors (Lipinski definition) is 1. The molecule has 21 heavy (non-hydrogen) atoms. The molecule has 1 amide bonds. The molecule has 1 aliphatic heterocycles. The predicted octanol–water partition coefficient (Wildman–Crippen LogP) is 2.02. The van der Waals surface area contributed by atoms with Crippen molar-refractivity contribution in [1.29, 1.82) is 0 Å². The number of carbonyl (C=O) groups is 1. The van der Waals surface area contributed by atoms with Crippen molar-refractivity contribution in [3.05, 3.63) is 12.2 Å². The first kappa shape index (κ1) is 16.5. The van der Waals surface area contributed by atoms with E-state index < -0.39 is 0 Å². The molecule has 0 aromatic rings. The highest BCUT2D eigenvalue weighted by atomic mass is 16.7. The standard InChI is InChI=1S/C16H27NO4/c1-13(2)12-19-8-7-17-15(18)11-14-3-5-16(6-4-14)20-9-10-21-16/h14H,1,3-12H2,2H3,(H,17,18). The Balaban J connectivity index is 1.55. The normalized spacial score (nSPS) is 21.6. The Kier molecular flexibility index (Phi) is 6.21. The molecule has 5 heteroatoms. The number of amides is 1. The summed E-state index contributed by atoms with van der Waals surface area (Å²) >= 11 is 0. The van der Waals surface area contributed by atoms with Gasteiger partial charge in [0.05, 0.1) is 26.4 Å². The van der Waals surface area contributed by atoms with Gasteiger partial charge in [-0.25, -0.2) is 0 Å². The largest absolute Gasteiger partial charge is 0.375 e. The van der Waals surface area contributed by atoms with Gasteiger partial charge < -0.3 is 19.5 Å². The van der Waals surface area contributed by atoms with Crippen LogP contribution in [0.25, 0.3) is 0 Å². The van der Waals surface area contributed by atoms with E-state index in [1.54, 1.807) is 0 Å². The summed E-state index contributed by atoms with van der Waals surface area (Å²) in [5.74, 6) is 0.228. The molecule has 1 aliphatic carbocycles. The zero-order valence-electron chi connectivity index (χ0n) is 13.0. The number of rotatable bonds is 7. The lowest BCUT2D eigenvalue weighted by atomic mass is 9.83. The highest BCUT2D eigenvalue weighted by molar-refractivity contribution is 5.76. The smallest absolute Gasteiger partial charge is 0.220 e. The summed E-state index contributed by atoms with van der Waals surface area (Å²) in [6.07, 6.45) is 4.41. The fourth-order valence-electron chi connectivity index (χ4n) is 2.95. The van der Waals surface area contributed by atoms with Gasteiger partial charge in [0.15, 0.2) is 5.79 Å². The fourth-order valence-corrected chi connectivity index (χ4v) is 2.95. The average Bonchev–Trinajstić information content (AvgIpc) is 2.89. The molecule has 2 rings (SSSR count). The van der Waals surface area contributed by atoms with Gasteiger partial charge in [-0.1, -0.05) is 12.2 Å².